The van der Waals surface area contributed by atoms with Crippen LogP contribution in [0, 0.1) is 6.92 Å². The zero-order valence-electron chi connectivity index (χ0n) is 19.5. The first kappa shape index (κ1) is 25.0. The average Bonchev–Trinajstić information content (AvgIpc) is 3.43. The Morgan fingerprint density at radius 2 is 1.48 bits per heavy atom. The Labute approximate surface area is 197 Å². The van der Waals surface area contributed by atoms with Gasteiger partial charge in [-0.3, -0.25) is 15.0 Å². The molecule has 0 radical (unpaired) electrons. The summed E-state index contributed by atoms with van der Waals surface area (Å²) in [7, 11) is 0. The molecule has 0 aromatic carbocycles. The lowest BCUT2D eigenvalue weighted by Crippen LogP contribution is -2.52. The van der Waals surface area contributed by atoms with Crippen molar-refractivity contribution in [3.8, 4) is 0 Å². The number of nitrogens with one attached hydrogen (secondary N) is 1. The number of likely N-dealkylation sites (tertiary alicyclic amines) is 1. The van der Waals surface area contributed by atoms with Gasteiger partial charge in [0.1, 0.15) is 9.88 Å². The van der Waals surface area contributed by atoms with Crippen LogP contribution in [0.3, 0.4) is 0 Å². The van der Waals surface area contributed by atoms with E-state index in [0.29, 0.717) is 38.3 Å². The Bertz CT molecular complexity index is 888. The van der Waals surface area contributed by atoms with Crippen LogP contribution in [0.1, 0.15) is 52.3 Å². The summed E-state index contributed by atoms with van der Waals surface area (Å²) in [5, 5.41) is 3.05. The van der Waals surface area contributed by atoms with Crippen LogP contribution in [0.4, 0.5) is 9.80 Å². The van der Waals surface area contributed by atoms with Crippen molar-refractivity contribution in [2.24, 2.45) is 0 Å². The summed E-state index contributed by atoms with van der Waals surface area (Å²) in [5.41, 5.74) is 0.602. The lowest BCUT2D eigenvalue weighted by Gasteiger charge is -2.34. The maximum Gasteiger partial charge on any atom is 0.348 e. The van der Waals surface area contributed by atoms with E-state index in [0.717, 1.165) is 37.3 Å². The fraction of sp³-hybridized carbons (Fsp3) is 0.636. The van der Waals surface area contributed by atoms with Crippen molar-refractivity contribution in [2.75, 3.05) is 64.3 Å². The molecule has 3 rings (SSSR count). The molecule has 1 aromatic heterocycles. The summed E-state index contributed by atoms with van der Waals surface area (Å²) in [6.45, 7) is 9.56. The van der Waals surface area contributed by atoms with Crippen LogP contribution in [0.5, 0.6) is 0 Å². The Morgan fingerprint density at radius 3 is 2.09 bits per heavy atom. The van der Waals surface area contributed by atoms with E-state index in [9.17, 15) is 19.2 Å². The lowest BCUT2D eigenvalue weighted by atomic mass is 10.1. The lowest BCUT2D eigenvalue weighted by molar-refractivity contribution is -0.131. The molecule has 3 heterocycles. The van der Waals surface area contributed by atoms with Crippen LogP contribution in [0.2, 0.25) is 0 Å². The number of hydrogen-bond donors (Lipinski definition) is 1. The number of amides is 3. The number of ether oxygens (including phenoxy) is 2. The molecular formula is C22H32N4O6S. The second-order valence-electron chi connectivity index (χ2n) is 7.98. The number of esters is 2. The molecule has 2 fully saturated rings. The van der Waals surface area contributed by atoms with Gasteiger partial charge in [0.15, 0.2) is 0 Å². The molecule has 0 atom stereocenters. The average molecular weight is 481 g/mol. The summed E-state index contributed by atoms with van der Waals surface area (Å²) in [5.74, 6) is -0.991. The van der Waals surface area contributed by atoms with Crippen molar-refractivity contribution >= 4 is 40.2 Å². The summed E-state index contributed by atoms with van der Waals surface area (Å²) >= 11 is 1.01. The number of nitrogens with zero attached hydrogens (tertiary/aromatic N) is 3. The molecular weight excluding hydrogens is 448 g/mol. The third-order valence-corrected chi connectivity index (χ3v) is 6.97. The smallest absolute Gasteiger partial charge is 0.348 e. The van der Waals surface area contributed by atoms with Crippen LogP contribution in [0.25, 0.3) is 0 Å². The Kier molecular flexibility index (Phi) is 8.67. The highest BCUT2D eigenvalue weighted by Gasteiger charge is 2.30. The minimum atomic E-state index is -0.595. The number of carbonyl (C=O) groups excluding carboxylic acids is 4. The number of piperazine rings is 1. The van der Waals surface area contributed by atoms with Gasteiger partial charge in [-0.25, -0.2) is 14.4 Å². The van der Waals surface area contributed by atoms with Gasteiger partial charge in [0.2, 0.25) is 5.91 Å². The Hall–Kier alpha value is -2.66. The SMILES string of the molecule is CCOC(=O)c1sc(NC(=O)N2CCN(CC(=O)N3CCCC3)CC2)c(C(=O)OCC)c1C. The van der Waals surface area contributed by atoms with Crippen LogP contribution < -0.4 is 5.32 Å². The number of hydrogen-bond acceptors (Lipinski definition) is 8. The summed E-state index contributed by atoms with van der Waals surface area (Å²) in [4.78, 5) is 56.0. The van der Waals surface area contributed by atoms with Gasteiger partial charge in [0.05, 0.1) is 25.3 Å². The van der Waals surface area contributed by atoms with Gasteiger partial charge < -0.3 is 19.3 Å². The largest absolute Gasteiger partial charge is 0.462 e. The van der Waals surface area contributed by atoms with Gasteiger partial charge >= 0.3 is 18.0 Å². The predicted molar refractivity (Wildman–Crippen MR) is 124 cm³/mol. The summed E-state index contributed by atoms with van der Waals surface area (Å²) in [6.07, 6.45) is 2.13. The zero-order chi connectivity index (χ0) is 24.0. The first-order valence-electron chi connectivity index (χ1n) is 11.4. The van der Waals surface area contributed by atoms with E-state index in [1.807, 2.05) is 4.90 Å². The van der Waals surface area contributed by atoms with Crippen LogP contribution in [-0.4, -0.2) is 97.6 Å². The first-order chi connectivity index (χ1) is 15.8. The molecule has 182 valence electrons. The molecule has 33 heavy (non-hydrogen) atoms. The fourth-order valence-corrected chi connectivity index (χ4v) is 5.06. The Morgan fingerprint density at radius 1 is 0.879 bits per heavy atom. The maximum absolute atomic E-state index is 12.9. The summed E-state index contributed by atoms with van der Waals surface area (Å²) in [6, 6.07) is -0.359. The van der Waals surface area contributed by atoms with E-state index in [2.05, 4.69) is 10.2 Å². The maximum atomic E-state index is 12.9. The first-order valence-corrected chi connectivity index (χ1v) is 12.2. The molecule has 0 bridgehead atoms. The monoisotopic (exact) mass is 480 g/mol. The van der Waals surface area contributed by atoms with Crippen molar-refractivity contribution in [3.05, 3.63) is 16.0 Å². The van der Waals surface area contributed by atoms with E-state index >= 15 is 0 Å². The van der Waals surface area contributed by atoms with Crippen LogP contribution in [0.15, 0.2) is 0 Å². The predicted octanol–water partition coefficient (Wildman–Crippen LogP) is 2.18. The van der Waals surface area contributed by atoms with Gasteiger partial charge in [-0.05, 0) is 39.2 Å². The molecule has 0 saturated carbocycles. The van der Waals surface area contributed by atoms with Gasteiger partial charge in [0, 0.05) is 39.3 Å². The fourth-order valence-electron chi connectivity index (χ4n) is 3.99. The molecule has 0 aliphatic carbocycles. The van der Waals surface area contributed by atoms with E-state index < -0.39 is 11.9 Å². The zero-order valence-corrected chi connectivity index (χ0v) is 20.3. The van der Waals surface area contributed by atoms with Crippen LogP contribution >= 0.6 is 11.3 Å². The molecule has 3 amide bonds. The molecule has 2 aliphatic heterocycles. The molecule has 0 spiro atoms. The Balaban J connectivity index is 1.63. The standard InChI is InChI=1S/C22H32N4O6S/c1-4-31-20(28)17-15(3)18(21(29)32-5-2)33-19(17)23-22(30)26-12-10-24(11-13-26)14-16(27)25-8-6-7-9-25/h4-14H2,1-3H3,(H,23,30). The van der Waals surface area contributed by atoms with Crippen molar-refractivity contribution in [1.29, 1.82) is 0 Å². The second kappa shape index (κ2) is 11.5. The van der Waals surface area contributed by atoms with Crippen molar-refractivity contribution in [3.63, 3.8) is 0 Å². The molecule has 2 saturated heterocycles. The van der Waals surface area contributed by atoms with E-state index in [1.165, 1.54) is 0 Å². The number of anilines is 1. The topological polar surface area (TPSA) is 108 Å². The normalized spacial score (nSPS) is 16.6. The molecule has 10 nitrogen and oxygen atoms in total. The molecule has 11 heteroatoms. The van der Waals surface area contributed by atoms with Crippen molar-refractivity contribution in [2.45, 2.75) is 33.6 Å². The molecule has 1 aromatic rings. The van der Waals surface area contributed by atoms with E-state index in [-0.39, 0.29) is 40.6 Å². The minimum Gasteiger partial charge on any atom is -0.462 e. The number of rotatable bonds is 7. The highest BCUT2D eigenvalue weighted by molar-refractivity contribution is 7.18. The van der Waals surface area contributed by atoms with Gasteiger partial charge in [0.25, 0.3) is 0 Å². The highest BCUT2D eigenvalue weighted by Crippen LogP contribution is 2.34. The highest BCUT2D eigenvalue weighted by atomic mass is 32.1. The number of urea groups is 1. The number of thiophene rings is 1. The van der Waals surface area contributed by atoms with Crippen molar-refractivity contribution in [1.82, 2.24) is 14.7 Å². The molecule has 1 N–H and O–H groups in total. The second-order valence-corrected chi connectivity index (χ2v) is 9.00. The quantitative estimate of drug-likeness (QED) is 0.596. The third-order valence-electron chi connectivity index (χ3n) is 5.78. The molecule has 0 unspecified atom stereocenters. The molecule has 2 aliphatic rings. The van der Waals surface area contributed by atoms with Crippen LogP contribution in [-0.2, 0) is 14.3 Å². The summed E-state index contributed by atoms with van der Waals surface area (Å²) < 4.78 is 10.2. The van der Waals surface area contributed by atoms with E-state index in [4.69, 9.17) is 9.47 Å². The third kappa shape index (κ3) is 6.02. The van der Waals surface area contributed by atoms with E-state index in [1.54, 1.807) is 25.7 Å². The van der Waals surface area contributed by atoms with Gasteiger partial charge in [-0.15, -0.1) is 11.3 Å². The van der Waals surface area contributed by atoms with Crippen molar-refractivity contribution < 1.29 is 28.7 Å². The number of carbonyl (C=O) groups is 4. The minimum absolute atomic E-state index is 0.144. The van der Waals surface area contributed by atoms with Gasteiger partial charge in [-0.1, -0.05) is 0 Å². The van der Waals surface area contributed by atoms with Gasteiger partial charge in [-0.2, -0.15) is 0 Å².